The van der Waals surface area contributed by atoms with Crippen LogP contribution in [0.15, 0.2) is 28.7 Å². The number of rotatable bonds is 8. The first-order chi connectivity index (χ1) is 10.0. The average molecular weight is 356 g/mol. The SMILES string of the molecule is CC(=O)NC(CC(=O)NCCCCN)c1ccc(Br)cc1. The monoisotopic (exact) mass is 355 g/mol. The van der Waals surface area contributed by atoms with Crippen molar-refractivity contribution in [2.75, 3.05) is 13.1 Å². The van der Waals surface area contributed by atoms with Crippen molar-refractivity contribution in [2.45, 2.75) is 32.2 Å². The fourth-order valence-corrected chi connectivity index (χ4v) is 2.21. The molecule has 1 aromatic carbocycles. The summed E-state index contributed by atoms with van der Waals surface area (Å²) in [7, 11) is 0. The van der Waals surface area contributed by atoms with Crippen molar-refractivity contribution in [3.8, 4) is 0 Å². The molecule has 21 heavy (non-hydrogen) atoms. The van der Waals surface area contributed by atoms with Crippen LogP contribution in [0.25, 0.3) is 0 Å². The van der Waals surface area contributed by atoms with Crippen LogP contribution >= 0.6 is 15.9 Å². The molecule has 0 aromatic heterocycles. The molecule has 0 radical (unpaired) electrons. The van der Waals surface area contributed by atoms with Gasteiger partial charge in [0.05, 0.1) is 12.5 Å². The van der Waals surface area contributed by atoms with E-state index in [1.807, 2.05) is 24.3 Å². The van der Waals surface area contributed by atoms with E-state index < -0.39 is 0 Å². The van der Waals surface area contributed by atoms with Crippen molar-refractivity contribution >= 4 is 27.7 Å². The fraction of sp³-hybridized carbons (Fsp3) is 0.467. The maximum Gasteiger partial charge on any atom is 0.222 e. The van der Waals surface area contributed by atoms with E-state index >= 15 is 0 Å². The van der Waals surface area contributed by atoms with Crippen LogP contribution in [-0.2, 0) is 9.59 Å². The van der Waals surface area contributed by atoms with Crippen molar-refractivity contribution < 1.29 is 9.59 Å². The van der Waals surface area contributed by atoms with Gasteiger partial charge in [-0.3, -0.25) is 9.59 Å². The molecule has 0 aliphatic rings. The number of halogens is 1. The summed E-state index contributed by atoms with van der Waals surface area (Å²) < 4.78 is 0.957. The number of amides is 2. The second-order valence-corrected chi connectivity index (χ2v) is 5.77. The first-order valence-electron chi connectivity index (χ1n) is 7.02. The first kappa shape index (κ1) is 17.7. The summed E-state index contributed by atoms with van der Waals surface area (Å²) in [6, 6.07) is 7.26. The summed E-state index contributed by atoms with van der Waals surface area (Å²) in [6.45, 7) is 2.69. The van der Waals surface area contributed by atoms with Crippen LogP contribution in [-0.4, -0.2) is 24.9 Å². The fourth-order valence-electron chi connectivity index (χ4n) is 1.95. The number of carbonyl (C=O) groups is 2. The molecule has 6 heteroatoms. The number of nitrogens with one attached hydrogen (secondary N) is 2. The van der Waals surface area contributed by atoms with Crippen LogP contribution in [0.2, 0.25) is 0 Å². The van der Waals surface area contributed by atoms with Crippen LogP contribution < -0.4 is 16.4 Å². The highest BCUT2D eigenvalue weighted by Gasteiger charge is 2.16. The predicted octanol–water partition coefficient (Wildman–Crippen LogP) is 1.87. The maximum atomic E-state index is 11.9. The minimum atomic E-state index is -0.315. The summed E-state index contributed by atoms with van der Waals surface area (Å²) in [6.07, 6.45) is 1.98. The Labute approximate surface area is 133 Å². The third-order valence-corrected chi connectivity index (χ3v) is 3.52. The Hall–Kier alpha value is -1.40. The molecule has 0 spiro atoms. The van der Waals surface area contributed by atoms with Gasteiger partial charge in [0.15, 0.2) is 0 Å². The molecule has 0 fully saturated rings. The standard InChI is InChI=1S/C15H22BrN3O2/c1-11(20)19-14(12-4-6-13(16)7-5-12)10-15(21)18-9-3-2-8-17/h4-7,14H,2-3,8-10,17H2,1H3,(H,18,21)(H,19,20). The zero-order chi connectivity index (χ0) is 15.7. The third kappa shape index (κ3) is 7.24. The van der Waals surface area contributed by atoms with Crippen LogP contribution in [0.4, 0.5) is 0 Å². The molecule has 0 aliphatic carbocycles. The lowest BCUT2D eigenvalue weighted by atomic mass is 10.0. The van der Waals surface area contributed by atoms with E-state index in [1.54, 1.807) is 0 Å². The molecule has 5 nitrogen and oxygen atoms in total. The minimum absolute atomic E-state index is 0.0753. The van der Waals surface area contributed by atoms with E-state index in [9.17, 15) is 9.59 Å². The highest BCUT2D eigenvalue weighted by Crippen LogP contribution is 2.19. The Kier molecular flexibility index (Phi) is 8.00. The molecule has 116 valence electrons. The van der Waals surface area contributed by atoms with E-state index in [-0.39, 0.29) is 24.3 Å². The Morgan fingerprint density at radius 2 is 1.90 bits per heavy atom. The van der Waals surface area contributed by atoms with Crippen LogP contribution in [0.3, 0.4) is 0 Å². The van der Waals surface area contributed by atoms with Gasteiger partial charge >= 0.3 is 0 Å². The molecular formula is C15H22BrN3O2. The molecule has 1 unspecified atom stereocenters. The van der Waals surface area contributed by atoms with Gasteiger partial charge < -0.3 is 16.4 Å². The van der Waals surface area contributed by atoms with Crippen molar-refractivity contribution in [3.63, 3.8) is 0 Å². The predicted molar refractivity (Wildman–Crippen MR) is 86.6 cm³/mol. The van der Waals surface area contributed by atoms with E-state index in [4.69, 9.17) is 5.73 Å². The van der Waals surface area contributed by atoms with E-state index in [1.165, 1.54) is 6.92 Å². The van der Waals surface area contributed by atoms with Crippen LogP contribution in [0.1, 0.15) is 37.8 Å². The number of hydrogen-bond donors (Lipinski definition) is 3. The second kappa shape index (κ2) is 9.52. The lowest BCUT2D eigenvalue weighted by Crippen LogP contribution is -2.33. The molecule has 4 N–H and O–H groups in total. The largest absolute Gasteiger partial charge is 0.356 e. The van der Waals surface area contributed by atoms with Crippen molar-refractivity contribution in [2.24, 2.45) is 5.73 Å². The molecule has 2 amide bonds. The van der Waals surface area contributed by atoms with Gasteiger partial charge in [-0.05, 0) is 37.1 Å². The molecule has 1 rings (SSSR count). The van der Waals surface area contributed by atoms with Gasteiger partial charge in [0, 0.05) is 17.9 Å². The normalized spacial score (nSPS) is 11.8. The van der Waals surface area contributed by atoms with E-state index in [0.717, 1.165) is 22.9 Å². The second-order valence-electron chi connectivity index (χ2n) is 4.85. The van der Waals surface area contributed by atoms with Gasteiger partial charge in [-0.2, -0.15) is 0 Å². The van der Waals surface area contributed by atoms with Crippen molar-refractivity contribution in [3.05, 3.63) is 34.3 Å². The number of unbranched alkanes of at least 4 members (excludes halogenated alkanes) is 1. The highest BCUT2D eigenvalue weighted by molar-refractivity contribution is 9.10. The summed E-state index contributed by atoms with van der Waals surface area (Å²) in [5, 5.41) is 5.66. The summed E-state index contributed by atoms with van der Waals surface area (Å²) in [4.78, 5) is 23.2. The zero-order valence-electron chi connectivity index (χ0n) is 12.2. The average Bonchev–Trinajstić information content (AvgIpc) is 2.43. The Morgan fingerprint density at radius 1 is 1.24 bits per heavy atom. The summed E-state index contributed by atoms with van der Waals surface area (Å²) in [5.74, 6) is -0.229. The van der Waals surface area contributed by atoms with Crippen LogP contribution in [0, 0.1) is 0 Å². The van der Waals surface area contributed by atoms with Crippen molar-refractivity contribution in [1.29, 1.82) is 0 Å². The molecular weight excluding hydrogens is 334 g/mol. The molecule has 1 atom stereocenters. The summed E-state index contributed by atoms with van der Waals surface area (Å²) >= 11 is 3.37. The number of nitrogens with two attached hydrogens (primary N) is 1. The third-order valence-electron chi connectivity index (χ3n) is 2.99. The van der Waals surface area contributed by atoms with Gasteiger partial charge in [-0.25, -0.2) is 0 Å². The molecule has 0 bridgehead atoms. The van der Waals surface area contributed by atoms with Crippen molar-refractivity contribution in [1.82, 2.24) is 10.6 Å². The Morgan fingerprint density at radius 3 is 2.48 bits per heavy atom. The molecule has 0 saturated carbocycles. The maximum absolute atomic E-state index is 11.9. The highest BCUT2D eigenvalue weighted by atomic mass is 79.9. The Balaban J connectivity index is 2.59. The number of benzene rings is 1. The molecule has 0 saturated heterocycles. The van der Waals surface area contributed by atoms with Crippen LogP contribution in [0.5, 0.6) is 0 Å². The Bertz CT molecular complexity index is 462. The first-order valence-corrected chi connectivity index (χ1v) is 7.81. The lowest BCUT2D eigenvalue weighted by molar-refractivity contribution is -0.122. The topological polar surface area (TPSA) is 84.2 Å². The van der Waals surface area contributed by atoms with Gasteiger partial charge in [0.1, 0.15) is 0 Å². The zero-order valence-corrected chi connectivity index (χ0v) is 13.8. The van der Waals surface area contributed by atoms with E-state index in [2.05, 4.69) is 26.6 Å². The number of hydrogen-bond acceptors (Lipinski definition) is 3. The van der Waals surface area contributed by atoms with Gasteiger partial charge in [0.2, 0.25) is 11.8 Å². The van der Waals surface area contributed by atoms with Gasteiger partial charge in [-0.15, -0.1) is 0 Å². The smallest absolute Gasteiger partial charge is 0.222 e. The van der Waals surface area contributed by atoms with Gasteiger partial charge in [-0.1, -0.05) is 28.1 Å². The quantitative estimate of drug-likeness (QED) is 0.622. The summed E-state index contributed by atoms with van der Waals surface area (Å²) in [5.41, 5.74) is 6.31. The number of carbonyl (C=O) groups excluding carboxylic acids is 2. The molecule has 1 aromatic rings. The van der Waals surface area contributed by atoms with E-state index in [0.29, 0.717) is 13.1 Å². The minimum Gasteiger partial charge on any atom is -0.356 e. The molecule has 0 aliphatic heterocycles. The van der Waals surface area contributed by atoms with Gasteiger partial charge in [0.25, 0.3) is 0 Å². The lowest BCUT2D eigenvalue weighted by Gasteiger charge is -2.18. The molecule has 0 heterocycles.